The van der Waals surface area contributed by atoms with E-state index in [0.717, 1.165) is 64.1 Å². The Labute approximate surface area is 368 Å². The van der Waals surface area contributed by atoms with Crippen LogP contribution in [0.5, 0.6) is 11.5 Å². The van der Waals surface area contributed by atoms with E-state index in [1.54, 1.807) is 11.3 Å². The molecule has 0 amide bonds. The first-order valence-electron chi connectivity index (χ1n) is 22.7. The van der Waals surface area contributed by atoms with Gasteiger partial charge in [0.25, 0.3) is 0 Å². The molecule has 316 valence electrons. The number of hydrogen-bond acceptors (Lipinski definition) is 8. The van der Waals surface area contributed by atoms with Gasteiger partial charge in [-0.2, -0.15) is 0 Å². The Morgan fingerprint density at radius 2 is 0.983 bits per heavy atom. The minimum absolute atomic E-state index is 0.193. The second-order valence-corrected chi connectivity index (χ2v) is 21.1. The lowest BCUT2D eigenvalue weighted by molar-refractivity contribution is 0.0503. The lowest BCUT2D eigenvalue weighted by Crippen LogP contribution is -2.04. The normalized spacial score (nSPS) is 11.9. The van der Waals surface area contributed by atoms with E-state index >= 15 is 0 Å². The van der Waals surface area contributed by atoms with Crippen molar-refractivity contribution in [2.75, 3.05) is 19.8 Å². The quantitative estimate of drug-likeness (QED) is 0.0326. The van der Waals surface area contributed by atoms with E-state index in [1.165, 1.54) is 134 Å². The maximum atomic E-state index is 13.2. The van der Waals surface area contributed by atoms with Crippen LogP contribution in [-0.4, -0.2) is 25.8 Å². The van der Waals surface area contributed by atoms with Gasteiger partial charge >= 0.3 is 5.97 Å². The van der Waals surface area contributed by atoms with Crippen LogP contribution < -0.4 is 9.47 Å². The average molecular weight is 869 g/mol. The van der Waals surface area contributed by atoms with Crippen molar-refractivity contribution < 1.29 is 19.0 Å². The second-order valence-electron chi connectivity index (χ2n) is 16.5. The molecule has 0 atom stereocenters. The number of carbonyl (C=O) groups excluding carboxylic acids is 1. The smallest absolute Gasteiger partial charge is 0.348 e. The fourth-order valence-corrected chi connectivity index (χ4v) is 12.8. The number of fused-ring (bicyclic) bond motifs is 5. The summed E-state index contributed by atoms with van der Waals surface area (Å²) < 4.78 is 23.3. The zero-order chi connectivity index (χ0) is 41.1. The van der Waals surface area contributed by atoms with E-state index in [4.69, 9.17) is 14.2 Å². The summed E-state index contributed by atoms with van der Waals surface area (Å²) in [4.78, 5) is 18.9. The second kappa shape index (κ2) is 21.6. The number of ether oxygens (including phenoxy) is 3. The minimum Gasteiger partial charge on any atom is -0.492 e. The molecule has 8 heteroatoms. The highest BCUT2D eigenvalue weighted by atomic mass is 32.1. The van der Waals surface area contributed by atoms with Crippen molar-refractivity contribution >= 4 is 103 Å². The SMILES string of the molecule is CCCCCCCCOC(=O)c1cc2c(-c3cc4cc5c(OCCCCCCCC)c6cc7sc(C)cc7cc6c(OCCCCCCCC)c5cc4s3)sc(C)c2s1. The molecule has 0 N–H and O–H groups in total. The van der Waals surface area contributed by atoms with E-state index in [-0.39, 0.29) is 5.97 Å². The van der Waals surface area contributed by atoms with Gasteiger partial charge in [-0.1, -0.05) is 117 Å². The molecule has 0 fully saturated rings. The summed E-state index contributed by atoms with van der Waals surface area (Å²) in [5.41, 5.74) is 0. The first-order valence-corrected chi connectivity index (χ1v) is 26.0. The highest BCUT2D eigenvalue weighted by Crippen LogP contribution is 2.50. The average Bonchev–Trinajstić information content (AvgIpc) is 4.01. The Hall–Kier alpha value is -3.17. The molecule has 7 rings (SSSR count). The predicted octanol–water partition coefficient (Wildman–Crippen LogP) is 18.0. The van der Waals surface area contributed by atoms with Gasteiger partial charge in [0.15, 0.2) is 0 Å². The van der Waals surface area contributed by atoms with E-state index in [1.807, 2.05) is 34.0 Å². The molecule has 7 aromatic rings. The molecule has 0 aliphatic heterocycles. The number of aryl methyl sites for hydroxylation is 2. The van der Waals surface area contributed by atoms with E-state index in [0.29, 0.717) is 24.7 Å². The van der Waals surface area contributed by atoms with Crippen LogP contribution in [0.2, 0.25) is 0 Å². The van der Waals surface area contributed by atoms with Crippen molar-refractivity contribution in [2.45, 2.75) is 150 Å². The molecule has 0 saturated heterocycles. The Balaban J connectivity index is 1.24. The number of rotatable bonds is 25. The highest BCUT2D eigenvalue weighted by Gasteiger charge is 2.23. The molecule has 4 aromatic heterocycles. The molecular weight excluding hydrogens is 805 g/mol. The molecule has 4 heterocycles. The van der Waals surface area contributed by atoms with Crippen molar-refractivity contribution in [1.82, 2.24) is 0 Å². The van der Waals surface area contributed by atoms with Crippen LogP contribution in [-0.2, 0) is 4.74 Å². The van der Waals surface area contributed by atoms with Gasteiger partial charge in [0, 0.05) is 55.7 Å². The third-order valence-corrected chi connectivity index (χ3v) is 16.4. The van der Waals surface area contributed by atoms with Crippen molar-refractivity contribution in [3.63, 3.8) is 0 Å². The van der Waals surface area contributed by atoms with Crippen LogP contribution in [0.3, 0.4) is 0 Å². The van der Waals surface area contributed by atoms with Gasteiger partial charge in [-0.25, -0.2) is 4.79 Å². The van der Waals surface area contributed by atoms with Crippen LogP contribution in [0.25, 0.3) is 61.6 Å². The van der Waals surface area contributed by atoms with Gasteiger partial charge in [-0.05, 0) is 86.3 Å². The molecule has 3 aromatic carbocycles. The van der Waals surface area contributed by atoms with Crippen LogP contribution in [0, 0.1) is 13.8 Å². The number of benzene rings is 3. The Morgan fingerprint density at radius 1 is 0.492 bits per heavy atom. The van der Waals surface area contributed by atoms with Gasteiger partial charge in [-0.3, -0.25) is 0 Å². The molecule has 0 radical (unpaired) electrons. The van der Waals surface area contributed by atoms with Gasteiger partial charge in [-0.15, -0.1) is 45.3 Å². The van der Waals surface area contributed by atoms with Gasteiger partial charge in [0.1, 0.15) is 16.4 Å². The molecule has 0 aliphatic carbocycles. The van der Waals surface area contributed by atoms with E-state index < -0.39 is 0 Å². The first-order chi connectivity index (χ1) is 28.9. The zero-order valence-corrected chi connectivity index (χ0v) is 39.4. The minimum atomic E-state index is -0.193. The lowest BCUT2D eigenvalue weighted by Gasteiger charge is -2.19. The molecule has 0 spiro atoms. The number of carbonyl (C=O) groups is 1. The molecule has 0 aliphatic rings. The summed E-state index contributed by atoms with van der Waals surface area (Å²) in [6.07, 6.45) is 21.8. The van der Waals surface area contributed by atoms with E-state index in [9.17, 15) is 4.79 Å². The van der Waals surface area contributed by atoms with Gasteiger partial charge < -0.3 is 14.2 Å². The summed E-state index contributed by atoms with van der Waals surface area (Å²) in [7, 11) is 0. The number of esters is 1. The van der Waals surface area contributed by atoms with Crippen molar-refractivity contribution in [3.05, 3.63) is 57.1 Å². The zero-order valence-electron chi connectivity index (χ0n) is 36.2. The lowest BCUT2D eigenvalue weighted by atomic mass is 9.98. The molecule has 59 heavy (non-hydrogen) atoms. The van der Waals surface area contributed by atoms with Crippen molar-refractivity contribution in [3.8, 4) is 21.3 Å². The Morgan fingerprint density at radius 3 is 1.56 bits per heavy atom. The maximum absolute atomic E-state index is 13.2. The molecular formula is C51H64O4S4. The van der Waals surface area contributed by atoms with Crippen LogP contribution in [0.4, 0.5) is 0 Å². The third-order valence-electron chi connectivity index (χ3n) is 11.6. The fraction of sp³-hybridized carbons (Fsp3) is 0.510. The molecule has 0 saturated carbocycles. The van der Waals surface area contributed by atoms with Crippen molar-refractivity contribution in [1.29, 1.82) is 0 Å². The maximum Gasteiger partial charge on any atom is 0.348 e. The van der Waals surface area contributed by atoms with Gasteiger partial charge in [0.05, 0.1) is 24.7 Å². The topological polar surface area (TPSA) is 44.8 Å². The van der Waals surface area contributed by atoms with E-state index in [2.05, 4.69) is 77.1 Å². The Bertz CT molecular complexity index is 2350. The first kappa shape index (κ1) is 43.9. The van der Waals surface area contributed by atoms with Crippen LogP contribution in [0.1, 0.15) is 156 Å². The Kier molecular flexibility index (Phi) is 16.0. The summed E-state index contributed by atoms with van der Waals surface area (Å²) >= 11 is 7.10. The van der Waals surface area contributed by atoms with Crippen LogP contribution in [0.15, 0.2) is 42.5 Å². The number of hydrogen-bond donors (Lipinski definition) is 0. The summed E-state index contributed by atoms with van der Waals surface area (Å²) in [6, 6.07) is 16.2. The fourth-order valence-electron chi connectivity index (χ4n) is 8.36. The predicted molar refractivity (Wildman–Crippen MR) is 262 cm³/mol. The number of unbranched alkanes of at least 4 members (excludes halogenated alkanes) is 15. The van der Waals surface area contributed by atoms with Crippen LogP contribution >= 0.6 is 45.3 Å². The molecule has 4 nitrogen and oxygen atoms in total. The monoisotopic (exact) mass is 868 g/mol. The standard InChI is InChI=1S/C51H64O4S4/c1-6-9-12-15-18-21-24-53-47-38-28-36-27-34(4)56-43(36)31-40(38)48(54-25-22-19-16-13-10-7-2)39-29-37-30-45(58-44(37)32-41(39)47)50-42-33-46(59-49(42)35(5)57-50)51(52)55-26-23-20-17-14-11-8-3/h27-33H,6-26H2,1-5H3. The molecule has 0 bridgehead atoms. The summed E-state index contributed by atoms with van der Waals surface area (Å²) in [5.74, 6) is 1.77. The highest BCUT2D eigenvalue weighted by molar-refractivity contribution is 7.30. The summed E-state index contributed by atoms with van der Waals surface area (Å²) in [5, 5.41) is 8.19. The van der Waals surface area contributed by atoms with Crippen molar-refractivity contribution in [2.24, 2.45) is 0 Å². The largest absolute Gasteiger partial charge is 0.492 e. The van der Waals surface area contributed by atoms with Gasteiger partial charge in [0.2, 0.25) is 0 Å². The third kappa shape index (κ3) is 10.7. The summed E-state index contributed by atoms with van der Waals surface area (Å²) in [6.45, 7) is 13.1. The molecule has 0 unspecified atom stereocenters. The number of thiophene rings is 4.